The van der Waals surface area contributed by atoms with E-state index in [-0.39, 0.29) is 12.6 Å². The van der Waals surface area contributed by atoms with Crippen molar-refractivity contribution in [2.45, 2.75) is 51.2 Å². The van der Waals surface area contributed by atoms with E-state index in [0.29, 0.717) is 17.9 Å². The van der Waals surface area contributed by atoms with E-state index in [2.05, 4.69) is 25.5 Å². The molecular weight excluding hydrogens is 344 g/mol. The number of anilines is 2. The van der Waals surface area contributed by atoms with Crippen LogP contribution in [0.15, 0.2) is 24.8 Å². The molecule has 0 aliphatic heterocycles. The van der Waals surface area contributed by atoms with Gasteiger partial charge in [-0.15, -0.1) is 0 Å². The molecule has 0 aromatic carbocycles. The first kappa shape index (κ1) is 17.9. The van der Waals surface area contributed by atoms with Gasteiger partial charge in [-0.05, 0) is 38.5 Å². The Morgan fingerprint density at radius 3 is 2.81 bits per heavy atom. The van der Waals surface area contributed by atoms with Crippen LogP contribution in [0.2, 0.25) is 0 Å². The van der Waals surface area contributed by atoms with E-state index in [1.165, 1.54) is 0 Å². The molecule has 1 fully saturated rings. The Hall–Kier alpha value is -2.52. The summed E-state index contributed by atoms with van der Waals surface area (Å²) in [5.74, 6) is 1.10. The molecule has 1 aliphatic carbocycles. The van der Waals surface area contributed by atoms with E-state index in [1.807, 2.05) is 24.0 Å². The normalized spacial score (nSPS) is 21.4. The minimum atomic E-state index is -0.0750. The molecule has 1 saturated carbocycles. The molecular formula is C18H26N8O. The zero-order chi connectivity index (χ0) is 18.8. The monoisotopic (exact) mass is 370 g/mol. The third-order valence-corrected chi connectivity index (χ3v) is 5.27. The van der Waals surface area contributed by atoms with E-state index in [0.717, 1.165) is 48.9 Å². The van der Waals surface area contributed by atoms with Gasteiger partial charge in [-0.25, -0.2) is 9.67 Å². The number of rotatable bonds is 6. The molecule has 1 unspecified atom stereocenters. The number of aliphatic hydroxyl groups excluding tert-OH is 1. The third-order valence-electron chi connectivity index (χ3n) is 5.27. The van der Waals surface area contributed by atoms with Gasteiger partial charge in [0.25, 0.3) is 0 Å². The van der Waals surface area contributed by atoms with Crippen molar-refractivity contribution < 1.29 is 5.11 Å². The predicted molar refractivity (Wildman–Crippen MR) is 103 cm³/mol. The maximum atomic E-state index is 9.24. The summed E-state index contributed by atoms with van der Waals surface area (Å²) >= 11 is 0. The van der Waals surface area contributed by atoms with Crippen molar-refractivity contribution in [2.75, 3.05) is 11.9 Å². The standard InChI is InChI=1S/C18H26N8O/c1-12(11-27)25-10-16(8-22-25)23-18-20-6-14-7-21-26(17(14)24-18)9-13-2-4-15(19)5-3-13/h6-8,10,12-13,15,27H,2-5,9,11,19H2,1H3,(H,20,23,24)/t12?,13-,15-. The summed E-state index contributed by atoms with van der Waals surface area (Å²) in [5.41, 5.74) is 7.62. The van der Waals surface area contributed by atoms with Gasteiger partial charge in [0.1, 0.15) is 0 Å². The summed E-state index contributed by atoms with van der Waals surface area (Å²) in [6.45, 7) is 2.80. The minimum absolute atomic E-state index is 0.0365. The molecule has 144 valence electrons. The Kier molecular flexibility index (Phi) is 5.04. The highest BCUT2D eigenvalue weighted by molar-refractivity contribution is 5.75. The largest absolute Gasteiger partial charge is 0.394 e. The van der Waals surface area contributed by atoms with E-state index in [4.69, 9.17) is 5.73 Å². The van der Waals surface area contributed by atoms with Crippen molar-refractivity contribution in [3.05, 3.63) is 24.8 Å². The number of hydrogen-bond acceptors (Lipinski definition) is 7. The minimum Gasteiger partial charge on any atom is -0.394 e. The average molecular weight is 370 g/mol. The summed E-state index contributed by atoms with van der Waals surface area (Å²) in [6.07, 6.45) is 11.6. The van der Waals surface area contributed by atoms with E-state index >= 15 is 0 Å². The van der Waals surface area contributed by atoms with Crippen LogP contribution >= 0.6 is 0 Å². The molecule has 0 radical (unpaired) electrons. The lowest BCUT2D eigenvalue weighted by Crippen LogP contribution is -2.28. The van der Waals surface area contributed by atoms with Crippen LogP contribution in [-0.2, 0) is 6.54 Å². The second-order valence-electron chi connectivity index (χ2n) is 7.45. The van der Waals surface area contributed by atoms with E-state index in [1.54, 1.807) is 17.1 Å². The van der Waals surface area contributed by atoms with Crippen LogP contribution in [0, 0.1) is 5.92 Å². The number of nitrogens with two attached hydrogens (primary N) is 1. The van der Waals surface area contributed by atoms with Gasteiger partial charge >= 0.3 is 0 Å². The highest BCUT2D eigenvalue weighted by atomic mass is 16.3. The quantitative estimate of drug-likeness (QED) is 0.605. The maximum Gasteiger partial charge on any atom is 0.229 e. The lowest BCUT2D eigenvalue weighted by Gasteiger charge is -2.25. The molecule has 0 bridgehead atoms. The fourth-order valence-corrected chi connectivity index (χ4v) is 3.53. The van der Waals surface area contributed by atoms with Crippen LogP contribution in [0.25, 0.3) is 11.0 Å². The molecule has 1 aliphatic rings. The molecule has 0 spiro atoms. The molecule has 4 rings (SSSR count). The molecule has 0 amide bonds. The third kappa shape index (κ3) is 3.93. The summed E-state index contributed by atoms with van der Waals surface area (Å²) in [6, 6.07) is 0.275. The summed E-state index contributed by atoms with van der Waals surface area (Å²) in [5, 5.41) is 22.1. The Bertz CT molecular complexity index is 896. The van der Waals surface area contributed by atoms with Crippen LogP contribution < -0.4 is 11.1 Å². The first-order chi connectivity index (χ1) is 13.1. The van der Waals surface area contributed by atoms with Crippen LogP contribution in [0.1, 0.15) is 38.6 Å². The fourth-order valence-electron chi connectivity index (χ4n) is 3.53. The average Bonchev–Trinajstić information content (AvgIpc) is 3.30. The smallest absolute Gasteiger partial charge is 0.229 e. The molecule has 3 aromatic heterocycles. The first-order valence-corrected chi connectivity index (χ1v) is 9.48. The second kappa shape index (κ2) is 7.61. The first-order valence-electron chi connectivity index (χ1n) is 9.48. The van der Waals surface area contributed by atoms with Crippen molar-refractivity contribution >= 4 is 22.7 Å². The molecule has 1 atom stereocenters. The van der Waals surface area contributed by atoms with E-state index < -0.39 is 0 Å². The van der Waals surface area contributed by atoms with Gasteiger partial charge in [0, 0.05) is 25.0 Å². The number of hydrogen-bond donors (Lipinski definition) is 3. The number of aromatic nitrogens is 6. The number of fused-ring (bicyclic) bond motifs is 1. The van der Waals surface area contributed by atoms with Gasteiger partial charge in [0.15, 0.2) is 5.65 Å². The maximum absolute atomic E-state index is 9.24. The predicted octanol–water partition coefficient (Wildman–Crippen LogP) is 1.84. The molecule has 3 heterocycles. The van der Waals surface area contributed by atoms with Crippen LogP contribution in [0.3, 0.4) is 0 Å². The molecule has 4 N–H and O–H groups in total. The van der Waals surface area contributed by atoms with Crippen molar-refractivity contribution in [1.82, 2.24) is 29.5 Å². The van der Waals surface area contributed by atoms with Crippen molar-refractivity contribution in [3.63, 3.8) is 0 Å². The molecule has 9 nitrogen and oxygen atoms in total. The van der Waals surface area contributed by atoms with Gasteiger partial charge in [0.05, 0.1) is 36.1 Å². The zero-order valence-electron chi connectivity index (χ0n) is 15.5. The summed E-state index contributed by atoms with van der Waals surface area (Å²) in [4.78, 5) is 9.02. The van der Waals surface area contributed by atoms with Gasteiger partial charge < -0.3 is 16.2 Å². The van der Waals surface area contributed by atoms with Crippen molar-refractivity contribution in [2.24, 2.45) is 11.7 Å². The highest BCUT2D eigenvalue weighted by Crippen LogP contribution is 2.26. The number of aliphatic hydroxyl groups is 1. The fraction of sp³-hybridized carbons (Fsp3) is 0.556. The van der Waals surface area contributed by atoms with Gasteiger partial charge in [0.2, 0.25) is 5.95 Å². The lowest BCUT2D eigenvalue weighted by molar-refractivity contribution is 0.230. The molecule has 3 aromatic rings. The van der Waals surface area contributed by atoms with Crippen LogP contribution in [0.4, 0.5) is 11.6 Å². The van der Waals surface area contributed by atoms with Crippen molar-refractivity contribution in [1.29, 1.82) is 0 Å². The SMILES string of the molecule is CC(CO)n1cc(Nc2ncc3cnn(C[C@H]4CC[C@H](N)CC4)c3n2)cn1. The molecule has 0 saturated heterocycles. The number of nitrogens with one attached hydrogen (secondary N) is 1. The summed E-state index contributed by atoms with van der Waals surface area (Å²) < 4.78 is 3.68. The van der Waals surface area contributed by atoms with Gasteiger partial charge in [-0.3, -0.25) is 4.68 Å². The van der Waals surface area contributed by atoms with Crippen LogP contribution in [0.5, 0.6) is 0 Å². The van der Waals surface area contributed by atoms with E-state index in [9.17, 15) is 5.11 Å². The van der Waals surface area contributed by atoms with Crippen LogP contribution in [-0.4, -0.2) is 47.3 Å². The topological polar surface area (TPSA) is 120 Å². The Morgan fingerprint density at radius 2 is 2.04 bits per heavy atom. The Morgan fingerprint density at radius 1 is 1.22 bits per heavy atom. The zero-order valence-corrected chi connectivity index (χ0v) is 15.5. The number of nitrogens with zero attached hydrogens (tertiary/aromatic N) is 6. The van der Waals surface area contributed by atoms with Gasteiger partial charge in [-0.2, -0.15) is 15.2 Å². The highest BCUT2D eigenvalue weighted by Gasteiger charge is 2.20. The van der Waals surface area contributed by atoms with Crippen molar-refractivity contribution in [3.8, 4) is 0 Å². The molecule has 9 heteroatoms. The Labute approximate surface area is 157 Å². The molecule has 27 heavy (non-hydrogen) atoms. The summed E-state index contributed by atoms with van der Waals surface area (Å²) in [7, 11) is 0. The van der Waals surface area contributed by atoms with Gasteiger partial charge in [-0.1, -0.05) is 0 Å². The lowest BCUT2D eigenvalue weighted by atomic mass is 9.86. The Balaban J connectivity index is 1.50. The second-order valence-corrected chi connectivity index (χ2v) is 7.45.